The summed E-state index contributed by atoms with van der Waals surface area (Å²) in [6.45, 7) is 9.41. The van der Waals surface area contributed by atoms with Crippen molar-refractivity contribution >= 4 is 17.3 Å². The van der Waals surface area contributed by atoms with E-state index in [2.05, 4.69) is 44.0 Å². The maximum atomic E-state index is 10.7. The summed E-state index contributed by atoms with van der Waals surface area (Å²) < 4.78 is 6.54. The number of phenols is 1. The molecule has 0 amide bonds. The quantitative estimate of drug-likeness (QED) is 0.757. The third kappa shape index (κ3) is 2.00. The average molecular weight is 346 g/mol. The zero-order chi connectivity index (χ0) is 17.3. The number of phenolic OH excluding ortho intramolecular Hbond substituents is 1. The summed E-state index contributed by atoms with van der Waals surface area (Å²) in [5, 5.41) is 15.0. The molecule has 130 valence electrons. The Labute approximate surface area is 149 Å². The fourth-order valence-corrected chi connectivity index (χ4v) is 5.12. The molecule has 24 heavy (non-hydrogen) atoms. The van der Waals surface area contributed by atoms with Crippen LogP contribution in [0, 0.1) is 5.92 Å². The van der Waals surface area contributed by atoms with Crippen molar-refractivity contribution in [2.75, 3.05) is 6.54 Å². The Kier molecular flexibility index (Phi) is 3.34. The van der Waals surface area contributed by atoms with Crippen LogP contribution in [0.3, 0.4) is 0 Å². The van der Waals surface area contributed by atoms with Gasteiger partial charge in [-0.05, 0) is 55.1 Å². The molecule has 2 fully saturated rings. The standard InChI is InChI=1S/C19H26N2O2S/c1-5-21-17(24)20-15-12-9-11(18(2,3)4)10-14(22)16(12)23-19(21)8-6-7-13(15)19/h9-10,13,15,22H,5-8H2,1-4H3,(H,20,24)/t13-,15-,19+/m0/s1. The first-order valence-electron chi connectivity index (χ1n) is 8.92. The Morgan fingerprint density at radius 3 is 2.83 bits per heavy atom. The number of hydrogen-bond donors (Lipinski definition) is 2. The van der Waals surface area contributed by atoms with Crippen LogP contribution in [0.2, 0.25) is 0 Å². The molecule has 2 heterocycles. The van der Waals surface area contributed by atoms with Gasteiger partial charge in [0.1, 0.15) is 0 Å². The van der Waals surface area contributed by atoms with E-state index in [9.17, 15) is 5.11 Å². The van der Waals surface area contributed by atoms with Crippen LogP contribution in [-0.2, 0) is 5.41 Å². The van der Waals surface area contributed by atoms with E-state index >= 15 is 0 Å². The van der Waals surface area contributed by atoms with Gasteiger partial charge in [0.2, 0.25) is 0 Å². The van der Waals surface area contributed by atoms with Crippen molar-refractivity contribution in [1.82, 2.24) is 10.2 Å². The molecule has 1 aromatic rings. The van der Waals surface area contributed by atoms with Gasteiger partial charge in [-0.25, -0.2) is 0 Å². The molecule has 1 aliphatic carbocycles. The van der Waals surface area contributed by atoms with Gasteiger partial charge in [0.25, 0.3) is 0 Å². The van der Waals surface area contributed by atoms with Crippen molar-refractivity contribution in [2.45, 2.75) is 64.1 Å². The number of rotatable bonds is 1. The van der Waals surface area contributed by atoms with Gasteiger partial charge >= 0.3 is 0 Å². The minimum Gasteiger partial charge on any atom is -0.504 e. The molecule has 0 spiro atoms. The fraction of sp³-hybridized carbons (Fsp3) is 0.632. The summed E-state index contributed by atoms with van der Waals surface area (Å²) in [7, 11) is 0. The predicted octanol–water partition coefficient (Wildman–Crippen LogP) is 3.83. The summed E-state index contributed by atoms with van der Waals surface area (Å²) in [6, 6.07) is 4.17. The van der Waals surface area contributed by atoms with Gasteiger partial charge in [-0.1, -0.05) is 20.8 Å². The number of nitrogens with zero attached hydrogens (tertiary/aromatic N) is 1. The summed E-state index contributed by atoms with van der Waals surface area (Å²) in [6.07, 6.45) is 3.21. The highest BCUT2D eigenvalue weighted by atomic mass is 32.1. The Bertz CT molecular complexity index is 712. The first-order valence-corrected chi connectivity index (χ1v) is 9.33. The van der Waals surface area contributed by atoms with E-state index in [4.69, 9.17) is 17.0 Å². The molecule has 0 unspecified atom stereocenters. The SMILES string of the molecule is CCN1C(=S)N[C@H]2c3cc(C(C)(C)C)cc(O)c3O[C@@]13CCC[C@@H]23. The van der Waals surface area contributed by atoms with Crippen molar-refractivity contribution in [3.8, 4) is 11.5 Å². The molecule has 2 aliphatic heterocycles. The summed E-state index contributed by atoms with van der Waals surface area (Å²) in [5.41, 5.74) is 1.76. The Balaban J connectivity index is 1.91. The van der Waals surface area contributed by atoms with Crippen LogP contribution in [0.1, 0.15) is 64.1 Å². The summed E-state index contributed by atoms with van der Waals surface area (Å²) in [5.74, 6) is 1.25. The number of nitrogens with one attached hydrogen (secondary N) is 1. The monoisotopic (exact) mass is 346 g/mol. The largest absolute Gasteiger partial charge is 0.504 e. The van der Waals surface area contributed by atoms with E-state index < -0.39 is 5.72 Å². The maximum absolute atomic E-state index is 10.7. The number of thiocarbonyl (C=S) groups is 1. The molecular formula is C19H26N2O2S. The summed E-state index contributed by atoms with van der Waals surface area (Å²) in [4.78, 5) is 2.18. The molecule has 1 aromatic carbocycles. The molecule has 5 heteroatoms. The van der Waals surface area contributed by atoms with Crippen LogP contribution in [0.15, 0.2) is 12.1 Å². The third-order valence-electron chi connectivity index (χ3n) is 5.91. The lowest BCUT2D eigenvalue weighted by molar-refractivity contribution is -0.112. The van der Waals surface area contributed by atoms with Crippen molar-refractivity contribution < 1.29 is 9.84 Å². The van der Waals surface area contributed by atoms with E-state index in [0.717, 1.165) is 42.0 Å². The second-order valence-electron chi connectivity index (χ2n) is 8.28. The smallest absolute Gasteiger partial charge is 0.190 e. The van der Waals surface area contributed by atoms with Gasteiger partial charge in [0.05, 0.1) is 6.04 Å². The van der Waals surface area contributed by atoms with E-state index in [1.54, 1.807) is 0 Å². The lowest BCUT2D eigenvalue weighted by Crippen LogP contribution is -2.68. The van der Waals surface area contributed by atoms with Crippen LogP contribution < -0.4 is 10.1 Å². The van der Waals surface area contributed by atoms with Crippen LogP contribution in [0.5, 0.6) is 11.5 Å². The first-order chi connectivity index (χ1) is 11.3. The summed E-state index contributed by atoms with van der Waals surface area (Å²) >= 11 is 5.64. The van der Waals surface area contributed by atoms with Gasteiger partial charge in [0.15, 0.2) is 22.3 Å². The lowest BCUT2D eigenvalue weighted by atomic mass is 9.78. The highest BCUT2D eigenvalue weighted by Gasteiger charge is 2.60. The molecule has 4 rings (SSSR count). The van der Waals surface area contributed by atoms with Gasteiger partial charge in [-0.3, -0.25) is 0 Å². The van der Waals surface area contributed by atoms with Crippen LogP contribution >= 0.6 is 12.2 Å². The number of fused-ring (bicyclic) bond motifs is 2. The minimum atomic E-state index is -0.393. The van der Waals surface area contributed by atoms with Crippen molar-refractivity contribution in [2.24, 2.45) is 5.92 Å². The third-order valence-corrected chi connectivity index (χ3v) is 6.25. The maximum Gasteiger partial charge on any atom is 0.190 e. The van der Waals surface area contributed by atoms with Crippen LogP contribution in [-0.4, -0.2) is 27.4 Å². The molecule has 2 N–H and O–H groups in total. The number of ether oxygens (including phenoxy) is 1. The number of aromatic hydroxyl groups is 1. The van der Waals surface area contributed by atoms with E-state index in [-0.39, 0.29) is 17.2 Å². The predicted molar refractivity (Wildman–Crippen MR) is 98.4 cm³/mol. The van der Waals surface area contributed by atoms with Crippen molar-refractivity contribution in [1.29, 1.82) is 0 Å². The van der Waals surface area contributed by atoms with Crippen LogP contribution in [0.25, 0.3) is 0 Å². The Hall–Kier alpha value is -1.49. The highest BCUT2D eigenvalue weighted by molar-refractivity contribution is 7.80. The molecule has 3 aliphatic rings. The molecule has 1 saturated carbocycles. The molecule has 1 saturated heterocycles. The van der Waals surface area contributed by atoms with Gasteiger partial charge < -0.3 is 20.1 Å². The number of benzene rings is 1. The first kappa shape index (κ1) is 16.0. The minimum absolute atomic E-state index is 0.0264. The van der Waals surface area contributed by atoms with Gasteiger partial charge in [-0.2, -0.15) is 0 Å². The van der Waals surface area contributed by atoms with Gasteiger partial charge in [-0.15, -0.1) is 0 Å². The Morgan fingerprint density at radius 2 is 2.17 bits per heavy atom. The lowest BCUT2D eigenvalue weighted by Gasteiger charge is -2.56. The molecule has 0 radical (unpaired) electrons. The zero-order valence-electron chi connectivity index (χ0n) is 14.8. The highest BCUT2D eigenvalue weighted by Crippen LogP contribution is 2.57. The van der Waals surface area contributed by atoms with E-state index in [1.165, 1.54) is 0 Å². The van der Waals surface area contributed by atoms with Crippen LogP contribution in [0.4, 0.5) is 0 Å². The number of hydrogen-bond acceptors (Lipinski definition) is 3. The second kappa shape index (κ2) is 5.01. The van der Waals surface area contributed by atoms with E-state index in [0.29, 0.717) is 11.7 Å². The second-order valence-corrected chi connectivity index (χ2v) is 8.67. The molecular weight excluding hydrogens is 320 g/mol. The zero-order valence-corrected chi connectivity index (χ0v) is 15.7. The van der Waals surface area contributed by atoms with Gasteiger partial charge in [0, 0.05) is 24.4 Å². The van der Waals surface area contributed by atoms with Crippen molar-refractivity contribution in [3.63, 3.8) is 0 Å². The van der Waals surface area contributed by atoms with E-state index in [1.807, 2.05) is 6.07 Å². The fourth-order valence-electron chi connectivity index (χ4n) is 4.71. The average Bonchev–Trinajstić information content (AvgIpc) is 2.92. The topological polar surface area (TPSA) is 44.7 Å². The normalized spacial score (nSPS) is 31.2. The van der Waals surface area contributed by atoms with Crippen molar-refractivity contribution in [3.05, 3.63) is 23.3 Å². The molecule has 0 aromatic heterocycles. The molecule has 2 bridgehead atoms. The molecule has 4 nitrogen and oxygen atoms in total. The Morgan fingerprint density at radius 1 is 1.42 bits per heavy atom. The molecule has 3 atom stereocenters.